The van der Waals surface area contributed by atoms with Gasteiger partial charge >= 0.3 is 0 Å². The van der Waals surface area contributed by atoms with Gasteiger partial charge in [0.2, 0.25) is 0 Å². The van der Waals surface area contributed by atoms with Gasteiger partial charge in [0.05, 0.1) is 6.54 Å². The molecule has 0 aromatic heterocycles. The summed E-state index contributed by atoms with van der Waals surface area (Å²) in [6.45, 7) is 6.20. The van der Waals surface area contributed by atoms with E-state index in [1.54, 1.807) is 0 Å². The number of hydrogen-bond acceptors (Lipinski definition) is 2. The lowest BCUT2D eigenvalue weighted by Gasteiger charge is -2.27. The third-order valence-corrected chi connectivity index (χ3v) is 3.12. The van der Waals surface area contributed by atoms with Gasteiger partial charge < -0.3 is 15.1 Å². The van der Waals surface area contributed by atoms with Crippen LogP contribution in [0.5, 0.6) is 0 Å². The molecule has 1 aliphatic rings. The monoisotopic (exact) mass is 228 g/mol. The molecule has 0 spiro atoms. The van der Waals surface area contributed by atoms with E-state index in [4.69, 9.17) is 0 Å². The van der Waals surface area contributed by atoms with Gasteiger partial charge in [0, 0.05) is 5.92 Å². The molecular weight excluding hydrogens is 202 g/mol. The lowest BCUT2D eigenvalue weighted by molar-refractivity contribution is -0.909. The first kappa shape index (κ1) is 13.7. The number of rotatable bonds is 6. The van der Waals surface area contributed by atoms with Gasteiger partial charge in [0.1, 0.15) is 25.3 Å². The molecular formula is C13H26NO2+. The largest absolute Gasteiger partial charge is 0.388 e. The van der Waals surface area contributed by atoms with Crippen molar-refractivity contribution in [1.29, 1.82) is 0 Å². The zero-order valence-corrected chi connectivity index (χ0v) is 10.5. The lowest BCUT2D eigenvalue weighted by Crippen LogP contribution is -3.14. The molecule has 1 unspecified atom stereocenters. The zero-order chi connectivity index (χ0) is 12.0. The highest BCUT2D eigenvalue weighted by atomic mass is 16.3. The molecule has 0 saturated heterocycles. The summed E-state index contributed by atoms with van der Waals surface area (Å²) in [5.74, 6) is 0.720. The Balaban J connectivity index is 2.38. The molecule has 94 valence electrons. The fraction of sp³-hybridized carbons (Fsp3) is 0.846. The van der Waals surface area contributed by atoms with E-state index in [1.165, 1.54) is 17.7 Å². The van der Waals surface area contributed by atoms with E-state index in [0.29, 0.717) is 0 Å². The van der Waals surface area contributed by atoms with Crippen molar-refractivity contribution < 1.29 is 15.1 Å². The van der Waals surface area contributed by atoms with Crippen LogP contribution in [0.4, 0.5) is 0 Å². The van der Waals surface area contributed by atoms with Crippen LogP contribution in [-0.4, -0.2) is 42.1 Å². The summed E-state index contributed by atoms with van der Waals surface area (Å²) in [7, 11) is 0. The molecule has 0 fully saturated rings. The normalized spacial score (nSPS) is 26.4. The van der Waals surface area contributed by atoms with E-state index in [0.717, 1.165) is 32.0 Å². The minimum Gasteiger partial charge on any atom is -0.388 e. The average Bonchev–Trinajstić information content (AvgIpc) is 2.16. The Morgan fingerprint density at radius 1 is 1.19 bits per heavy atom. The van der Waals surface area contributed by atoms with Crippen molar-refractivity contribution in [2.24, 2.45) is 5.92 Å². The van der Waals surface area contributed by atoms with Crippen LogP contribution in [0.2, 0.25) is 0 Å². The minimum atomic E-state index is -0.284. The van der Waals surface area contributed by atoms with E-state index < -0.39 is 0 Å². The number of allylic oxidation sites excluding steroid dienone is 2. The second-order valence-electron chi connectivity index (χ2n) is 5.21. The summed E-state index contributed by atoms with van der Waals surface area (Å²) < 4.78 is 0. The molecule has 0 saturated carbocycles. The predicted molar refractivity (Wildman–Crippen MR) is 65.4 cm³/mol. The van der Waals surface area contributed by atoms with Gasteiger partial charge in [-0.25, -0.2) is 0 Å². The van der Waals surface area contributed by atoms with Gasteiger partial charge in [-0.1, -0.05) is 12.2 Å². The molecule has 3 heteroatoms. The molecule has 0 bridgehead atoms. The fourth-order valence-corrected chi connectivity index (χ4v) is 2.54. The quantitative estimate of drug-likeness (QED) is 0.560. The summed E-state index contributed by atoms with van der Waals surface area (Å²) in [4.78, 5) is 1.32. The number of aliphatic hydroxyl groups excluding tert-OH is 2. The van der Waals surface area contributed by atoms with Crippen LogP contribution >= 0.6 is 0 Å². The molecule has 16 heavy (non-hydrogen) atoms. The summed E-state index contributed by atoms with van der Waals surface area (Å²) >= 11 is 0. The molecule has 3 nitrogen and oxygen atoms in total. The van der Waals surface area contributed by atoms with Gasteiger partial charge in [-0.2, -0.15) is 0 Å². The highest BCUT2D eigenvalue weighted by molar-refractivity contribution is 4.89. The van der Waals surface area contributed by atoms with E-state index in [9.17, 15) is 10.2 Å². The molecule has 3 N–H and O–H groups in total. The SMILES string of the molecule is C[C@H](O)C[NH+](C[C@H]1CC=CCC1)C[C@@H](C)O. The van der Waals surface area contributed by atoms with Gasteiger partial charge in [-0.3, -0.25) is 0 Å². The molecule has 0 amide bonds. The molecule has 1 aliphatic carbocycles. The van der Waals surface area contributed by atoms with E-state index in [-0.39, 0.29) is 12.2 Å². The second-order valence-corrected chi connectivity index (χ2v) is 5.21. The summed E-state index contributed by atoms with van der Waals surface area (Å²) in [5.41, 5.74) is 0. The number of quaternary nitrogens is 1. The van der Waals surface area contributed by atoms with Gasteiger partial charge in [0.15, 0.2) is 0 Å². The van der Waals surface area contributed by atoms with Crippen LogP contribution in [0.3, 0.4) is 0 Å². The molecule has 0 aromatic carbocycles. The highest BCUT2D eigenvalue weighted by Crippen LogP contribution is 2.15. The molecule has 0 aromatic rings. The van der Waals surface area contributed by atoms with Crippen LogP contribution in [0.15, 0.2) is 12.2 Å². The maximum absolute atomic E-state index is 9.45. The highest BCUT2D eigenvalue weighted by Gasteiger charge is 2.20. The van der Waals surface area contributed by atoms with Crippen molar-refractivity contribution >= 4 is 0 Å². The average molecular weight is 228 g/mol. The lowest BCUT2D eigenvalue weighted by atomic mass is 9.94. The minimum absolute atomic E-state index is 0.284. The van der Waals surface area contributed by atoms with Crippen LogP contribution in [0.25, 0.3) is 0 Å². The van der Waals surface area contributed by atoms with E-state index in [2.05, 4.69) is 12.2 Å². The van der Waals surface area contributed by atoms with E-state index >= 15 is 0 Å². The Labute approximate surface area is 98.8 Å². The Bertz CT molecular complexity index is 204. The molecule has 0 radical (unpaired) electrons. The predicted octanol–water partition coefficient (Wildman–Crippen LogP) is -0.0108. The van der Waals surface area contributed by atoms with Gasteiger partial charge in [-0.05, 0) is 33.1 Å². The van der Waals surface area contributed by atoms with Crippen LogP contribution in [-0.2, 0) is 0 Å². The van der Waals surface area contributed by atoms with Crippen molar-refractivity contribution in [3.63, 3.8) is 0 Å². The van der Waals surface area contributed by atoms with Crippen molar-refractivity contribution in [1.82, 2.24) is 0 Å². The Hall–Kier alpha value is -0.380. The van der Waals surface area contributed by atoms with Crippen molar-refractivity contribution in [3.05, 3.63) is 12.2 Å². The van der Waals surface area contributed by atoms with Crippen molar-refractivity contribution in [2.75, 3.05) is 19.6 Å². The Morgan fingerprint density at radius 3 is 2.25 bits per heavy atom. The first-order valence-corrected chi connectivity index (χ1v) is 6.42. The number of aliphatic hydroxyl groups is 2. The molecule has 1 rings (SSSR count). The molecule has 4 atom stereocenters. The van der Waals surface area contributed by atoms with Crippen molar-refractivity contribution in [3.8, 4) is 0 Å². The summed E-state index contributed by atoms with van der Waals surface area (Å²) in [6, 6.07) is 0. The zero-order valence-electron chi connectivity index (χ0n) is 10.5. The first-order chi connectivity index (χ1) is 7.58. The second kappa shape index (κ2) is 7.05. The molecule has 0 aliphatic heterocycles. The number of nitrogens with one attached hydrogen (secondary N) is 1. The Kier molecular flexibility index (Phi) is 6.03. The topological polar surface area (TPSA) is 44.9 Å². The third kappa shape index (κ3) is 5.64. The van der Waals surface area contributed by atoms with Crippen LogP contribution in [0.1, 0.15) is 33.1 Å². The maximum atomic E-state index is 9.45. The van der Waals surface area contributed by atoms with Gasteiger partial charge in [-0.15, -0.1) is 0 Å². The van der Waals surface area contributed by atoms with Crippen molar-refractivity contribution in [2.45, 2.75) is 45.3 Å². The summed E-state index contributed by atoms with van der Waals surface area (Å²) in [5, 5.41) is 18.9. The first-order valence-electron chi connectivity index (χ1n) is 6.42. The standard InChI is InChI=1S/C13H25NO2/c1-11(15)8-14(9-12(2)16)10-13-6-4-3-5-7-13/h3-4,11-13,15-16H,5-10H2,1-2H3/p+1/t11-,12+,13-/m0/s1. The Morgan fingerprint density at radius 2 is 1.81 bits per heavy atom. The molecule has 0 heterocycles. The number of hydrogen-bond donors (Lipinski definition) is 3. The van der Waals surface area contributed by atoms with Gasteiger partial charge in [0.25, 0.3) is 0 Å². The maximum Gasteiger partial charge on any atom is 0.103 e. The summed E-state index contributed by atoms with van der Waals surface area (Å²) in [6.07, 6.45) is 7.53. The smallest absolute Gasteiger partial charge is 0.103 e. The van der Waals surface area contributed by atoms with Crippen LogP contribution in [0, 0.1) is 5.92 Å². The van der Waals surface area contributed by atoms with E-state index in [1.807, 2.05) is 13.8 Å². The van der Waals surface area contributed by atoms with Crippen LogP contribution < -0.4 is 4.90 Å². The fourth-order valence-electron chi connectivity index (χ4n) is 2.54. The third-order valence-electron chi connectivity index (χ3n) is 3.12.